The van der Waals surface area contributed by atoms with E-state index in [4.69, 9.17) is 9.47 Å². The molecule has 0 unspecified atom stereocenters. The summed E-state index contributed by atoms with van der Waals surface area (Å²) in [5.41, 5.74) is 2.25. The van der Waals surface area contributed by atoms with Crippen LogP contribution >= 0.6 is 15.9 Å². The molecule has 0 saturated carbocycles. The molecule has 2 aromatic rings. The maximum atomic E-state index is 5.34. The molecule has 1 fully saturated rings. The predicted octanol–water partition coefficient (Wildman–Crippen LogP) is 4.25. The van der Waals surface area contributed by atoms with E-state index >= 15 is 0 Å². The number of hydrogen-bond donors (Lipinski definition) is 1. The highest BCUT2D eigenvalue weighted by Crippen LogP contribution is 2.28. The highest BCUT2D eigenvalue weighted by molar-refractivity contribution is 9.10. The normalized spacial score (nSPS) is 15.1. The predicted molar refractivity (Wildman–Crippen MR) is 105 cm³/mol. The molecule has 1 saturated heterocycles. The third-order valence-electron chi connectivity index (χ3n) is 4.57. The van der Waals surface area contributed by atoms with Crippen molar-refractivity contribution in [3.8, 4) is 11.5 Å². The first-order chi connectivity index (χ1) is 12.1. The zero-order valence-electron chi connectivity index (χ0n) is 14.9. The number of anilines is 2. The molecule has 6 heteroatoms. The molecule has 134 valence electrons. The molecule has 0 atom stereocenters. The van der Waals surface area contributed by atoms with E-state index in [-0.39, 0.29) is 0 Å². The number of nitrogens with zero attached hydrogens (tertiary/aromatic N) is 2. The molecule has 5 nitrogen and oxygen atoms in total. The van der Waals surface area contributed by atoms with Crippen LogP contribution in [0.25, 0.3) is 0 Å². The lowest BCUT2D eigenvalue weighted by molar-refractivity contribution is 0.394. The van der Waals surface area contributed by atoms with Gasteiger partial charge >= 0.3 is 0 Å². The molecule has 25 heavy (non-hydrogen) atoms. The number of aryl methyl sites for hydroxylation is 1. The molecule has 0 aliphatic carbocycles. The summed E-state index contributed by atoms with van der Waals surface area (Å²) < 4.78 is 11.7. The zero-order valence-corrected chi connectivity index (χ0v) is 16.5. The van der Waals surface area contributed by atoms with Gasteiger partial charge in [-0.1, -0.05) is 0 Å². The minimum Gasteiger partial charge on any atom is -0.497 e. The van der Waals surface area contributed by atoms with E-state index in [1.807, 2.05) is 24.4 Å². The topological polar surface area (TPSA) is 46.6 Å². The number of pyridine rings is 1. The van der Waals surface area contributed by atoms with Crippen LogP contribution in [0, 0.1) is 6.92 Å². The van der Waals surface area contributed by atoms with E-state index in [0.717, 1.165) is 53.4 Å². The number of aromatic nitrogens is 1. The van der Waals surface area contributed by atoms with Crippen LogP contribution in [0.4, 0.5) is 11.5 Å². The van der Waals surface area contributed by atoms with E-state index in [9.17, 15) is 0 Å². The second-order valence-corrected chi connectivity index (χ2v) is 7.15. The number of halogens is 1. The van der Waals surface area contributed by atoms with Crippen LogP contribution < -0.4 is 19.7 Å². The molecule has 2 heterocycles. The lowest BCUT2D eigenvalue weighted by atomic mass is 10.0. The largest absolute Gasteiger partial charge is 0.497 e. The summed E-state index contributed by atoms with van der Waals surface area (Å²) in [6.45, 7) is 4.08. The van der Waals surface area contributed by atoms with Crippen molar-refractivity contribution in [2.24, 2.45) is 0 Å². The molecule has 1 aromatic heterocycles. The maximum absolute atomic E-state index is 5.34. The third-order valence-corrected chi connectivity index (χ3v) is 5.40. The first kappa shape index (κ1) is 17.9. The minimum absolute atomic E-state index is 0.435. The van der Waals surface area contributed by atoms with Gasteiger partial charge in [0, 0.05) is 53.7 Å². The average molecular weight is 406 g/mol. The zero-order chi connectivity index (χ0) is 17.8. The fourth-order valence-electron chi connectivity index (χ4n) is 3.08. The van der Waals surface area contributed by atoms with Gasteiger partial charge in [-0.05, 0) is 47.3 Å². The molecule has 1 aromatic carbocycles. The van der Waals surface area contributed by atoms with Crippen LogP contribution in [-0.4, -0.2) is 38.3 Å². The van der Waals surface area contributed by atoms with Crippen LogP contribution in [0.15, 0.2) is 34.9 Å². The molecular formula is C19H24BrN3O2. The second-order valence-electron chi connectivity index (χ2n) is 6.30. The molecule has 1 aliphatic rings. The van der Waals surface area contributed by atoms with Gasteiger partial charge in [0.1, 0.15) is 17.3 Å². The Hall–Kier alpha value is -1.95. The summed E-state index contributed by atoms with van der Waals surface area (Å²) in [5, 5.41) is 3.61. The van der Waals surface area contributed by atoms with Gasteiger partial charge < -0.3 is 19.7 Å². The SMILES string of the molecule is COc1cc(NC2CCN(c3cc(C)c(Br)cn3)CC2)cc(OC)c1. The van der Waals surface area contributed by atoms with Gasteiger partial charge in [0.25, 0.3) is 0 Å². The van der Waals surface area contributed by atoms with Crippen molar-refractivity contribution < 1.29 is 9.47 Å². The number of ether oxygens (including phenoxy) is 2. The number of rotatable bonds is 5. The summed E-state index contributed by atoms with van der Waals surface area (Å²) in [7, 11) is 3.34. The van der Waals surface area contributed by atoms with E-state index in [1.165, 1.54) is 5.56 Å². The standard InChI is InChI=1S/C19H24BrN3O2/c1-13-8-19(21-12-18(13)20)23-6-4-14(5-7-23)22-15-9-16(24-2)11-17(10-15)25-3/h8-12,14,22H,4-7H2,1-3H3. The van der Waals surface area contributed by atoms with E-state index < -0.39 is 0 Å². The van der Waals surface area contributed by atoms with E-state index in [2.05, 4.69) is 44.1 Å². The molecule has 3 rings (SSSR count). The van der Waals surface area contributed by atoms with Crippen molar-refractivity contribution in [2.75, 3.05) is 37.5 Å². The first-order valence-electron chi connectivity index (χ1n) is 8.45. The van der Waals surface area contributed by atoms with Crippen molar-refractivity contribution in [3.63, 3.8) is 0 Å². The van der Waals surface area contributed by atoms with Crippen molar-refractivity contribution in [1.29, 1.82) is 0 Å². The van der Waals surface area contributed by atoms with Gasteiger partial charge in [-0.25, -0.2) is 4.98 Å². The Labute approximate surface area is 157 Å². The molecule has 0 spiro atoms. The summed E-state index contributed by atoms with van der Waals surface area (Å²) in [4.78, 5) is 6.89. The van der Waals surface area contributed by atoms with Gasteiger partial charge in [0.2, 0.25) is 0 Å². The van der Waals surface area contributed by atoms with Crippen molar-refractivity contribution >= 4 is 27.4 Å². The maximum Gasteiger partial charge on any atom is 0.128 e. The molecule has 1 aliphatic heterocycles. The Morgan fingerprint density at radius 3 is 2.28 bits per heavy atom. The summed E-state index contributed by atoms with van der Waals surface area (Å²) >= 11 is 3.51. The molecular weight excluding hydrogens is 382 g/mol. The highest BCUT2D eigenvalue weighted by Gasteiger charge is 2.20. The monoisotopic (exact) mass is 405 g/mol. The highest BCUT2D eigenvalue weighted by atomic mass is 79.9. The fraction of sp³-hybridized carbons (Fsp3) is 0.421. The Balaban J connectivity index is 1.62. The van der Waals surface area contributed by atoms with Crippen LogP contribution in [0.2, 0.25) is 0 Å². The van der Waals surface area contributed by atoms with Gasteiger partial charge in [-0.2, -0.15) is 0 Å². The Morgan fingerprint density at radius 2 is 1.72 bits per heavy atom. The van der Waals surface area contributed by atoms with Gasteiger partial charge in [-0.15, -0.1) is 0 Å². The lowest BCUT2D eigenvalue weighted by Crippen LogP contribution is -2.39. The van der Waals surface area contributed by atoms with Crippen LogP contribution in [-0.2, 0) is 0 Å². The van der Waals surface area contributed by atoms with Crippen LogP contribution in [0.3, 0.4) is 0 Å². The third kappa shape index (κ3) is 4.37. The van der Waals surface area contributed by atoms with Crippen molar-refractivity contribution in [2.45, 2.75) is 25.8 Å². The van der Waals surface area contributed by atoms with Gasteiger partial charge in [0.15, 0.2) is 0 Å². The second kappa shape index (κ2) is 7.95. The fourth-order valence-corrected chi connectivity index (χ4v) is 3.29. The number of piperidine rings is 1. The van der Waals surface area contributed by atoms with Crippen molar-refractivity contribution in [1.82, 2.24) is 4.98 Å². The lowest BCUT2D eigenvalue weighted by Gasteiger charge is -2.34. The first-order valence-corrected chi connectivity index (χ1v) is 9.25. The quantitative estimate of drug-likeness (QED) is 0.805. The van der Waals surface area contributed by atoms with Gasteiger partial charge in [0.05, 0.1) is 14.2 Å². The number of benzene rings is 1. The Bertz CT molecular complexity index is 708. The number of nitrogens with one attached hydrogen (secondary N) is 1. The Morgan fingerprint density at radius 1 is 1.08 bits per heavy atom. The number of methoxy groups -OCH3 is 2. The molecule has 1 N–H and O–H groups in total. The summed E-state index contributed by atoms with van der Waals surface area (Å²) in [5.74, 6) is 2.66. The summed E-state index contributed by atoms with van der Waals surface area (Å²) in [6.07, 6.45) is 4.02. The smallest absolute Gasteiger partial charge is 0.128 e. The van der Waals surface area contributed by atoms with Crippen LogP contribution in [0.1, 0.15) is 18.4 Å². The van der Waals surface area contributed by atoms with Crippen LogP contribution in [0.5, 0.6) is 11.5 Å². The Kier molecular flexibility index (Phi) is 5.68. The average Bonchev–Trinajstić information content (AvgIpc) is 2.64. The van der Waals surface area contributed by atoms with Crippen molar-refractivity contribution in [3.05, 3.63) is 40.5 Å². The van der Waals surface area contributed by atoms with Gasteiger partial charge in [-0.3, -0.25) is 0 Å². The molecule has 0 amide bonds. The van der Waals surface area contributed by atoms with E-state index in [0.29, 0.717) is 6.04 Å². The minimum atomic E-state index is 0.435. The molecule has 0 radical (unpaired) electrons. The molecule has 0 bridgehead atoms. The number of hydrogen-bond acceptors (Lipinski definition) is 5. The van der Waals surface area contributed by atoms with E-state index in [1.54, 1.807) is 14.2 Å². The summed E-state index contributed by atoms with van der Waals surface area (Å²) in [6, 6.07) is 8.48.